The molecule has 0 bridgehead atoms. The fourth-order valence-corrected chi connectivity index (χ4v) is 2.99. The molecule has 0 aliphatic carbocycles. The Bertz CT molecular complexity index is 595. The van der Waals surface area contributed by atoms with Crippen LogP contribution in [-0.2, 0) is 23.8 Å². The van der Waals surface area contributed by atoms with Crippen molar-refractivity contribution in [3.8, 4) is 0 Å². The Labute approximate surface area is 171 Å². The largest absolute Gasteiger partial charge is 0.463 e. The number of amides is 1. The van der Waals surface area contributed by atoms with Gasteiger partial charge in [0.25, 0.3) is 0 Å². The van der Waals surface area contributed by atoms with Gasteiger partial charge in [0, 0.05) is 26.3 Å². The number of unbranched alkanes of at least 4 members (excludes halogenated alkanes) is 2. The number of allylic oxidation sites excluding steroid dienone is 1. The monoisotopic (exact) mass is 419 g/mol. The summed E-state index contributed by atoms with van der Waals surface area (Å²) < 4.78 is 31.5. The molecule has 160 valence electrons. The van der Waals surface area contributed by atoms with E-state index in [0.717, 1.165) is 30.6 Å². The number of halogens is 2. The molecule has 0 saturated heterocycles. The molecule has 1 rings (SSSR count). The van der Waals surface area contributed by atoms with Gasteiger partial charge in [0.15, 0.2) is 11.4 Å². The molecule has 6 nitrogen and oxygen atoms in total. The summed E-state index contributed by atoms with van der Waals surface area (Å²) in [6.07, 6.45) is 5.01. The third-order valence-corrected chi connectivity index (χ3v) is 4.59. The van der Waals surface area contributed by atoms with Gasteiger partial charge in [0.2, 0.25) is 11.8 Å². The predicted octanol–water partition coefficient (Wildman–Crippen LogP) is 4.09. The van der Waals surface area contributed by atoms with Gasteiger partial charge >= 0.3 is 0 Å². The fourth-order valence-electron chi connectivity index (χ4n) is 2.60. The third kappa shape index (κ3) is 6.57. The Kier molecular flexibility index (Phi) is 10.7. The lowest BCUT2D eigenvalue weighted by atomic mass is 10.00. The van der Waals surface area contributed by atoms with Gasteiger partial charge in [0.1, 0.15) is 17.8 Å². The number of alkyl halides is 1. The molecule has 0 aromatic heterocycles. The highest BCUT2D eigenvalue weighted by atomic mass is 35.5. The van der Waals surface area contributed by atoms with Gasteiger partial charge in [-0.1, -0.05) is 38.3 Å². The molecule has 0 unspecified atom stereocenters. The molecule has 1 heterocycles. The second kappa shape index (κ2) is 12.2. The Morgan fingerprint density at radius 2 is 1.89 bits per heavy atom. The average Bonchev–Trinajstić information content (AvgIpc) is 2.92. The number of hydrogen-bond acceptors (Lipinski definition) is 5. The normalized spacial score (nSPS) is 22.0. The zero-order chi connectivity index (χ0) is 21.2. The lowest BCUT2D eigenvalue weighted by Crippen LogP contribution is -2.49. The summed E-state index contributed by atoms with van der Waals surface area (Å²) in [7, 11) is 0. The minimum Gasteiger partial charge on any atom is -0.463 e. The first kappa shape index (κ1) is 24.6. The van der Waals surface area contributed by atoms with Crippen LogP contribution in [0.15, 0.2) is 23.2 Å². The molecule has 1 aliphatic heterocycles. The van der Waals surface area contributed by atoms with E-state index in [4.69, 9.17) is 25.8 Å². The Morgan fingerprint density at radius 1 is 1.25 bits per heavy atom. The smallest absolute Gasteiger partial charge is 0.230 e. The van der Waals surface area contributed by atoms with Crippen LogP contribution in [0.2, 0.25) is 0 Å². The van der Waals surface area contributed by atoms with Gasteiger partial charge in [0.05, 0.1) is 6.61 Å². The van der Waals surface area contributed by atoms with E-state index in [9.17, 15) is 14.0 Å². The molecule has 0 aromatic carbocycles. The van der Waals surface area contributed by atoms with Crippen molar-refractivity contribution in [2.45, 2.75) is 65.1 Å². The molecule has 0 fully saturated rings. The number of carbonyl (C=O) groups is 2. The van der Waals surface area contributed by atoms with Crippen LogP contribution in [0, 0.1) is 0 Å². The van der Waals surface area contributed by atoms with E-state index in [1.165, 1.54) is 26.1 Å². The molecule has 0 radical (unpaired) electrons. The summed E-state index contributed by atoms with van der Waals surface area (Å²) in [6.45, 7) is 6.54. The maximum atomic E-state index is 14.2. The SMILES string of the molecule is CCCCOC[C@@]1(CF)OC(N(/C=C\C(C)=O)C(C)=O)=C(Cl)[C@@H]1OCCCC. The molecule has 0 aromatic rings. The zero-order valence-corrected chi connectivity index (χ0v) is 17.9. The van der Waals surface area contributed by atoms with Crippen molar-refractivity contribution in [3.05, 3.63) is 23.2 Å². The standard InChI is InChI=1S/C20H31ClFNO5/c1-5-7-11-26-14-20(13-22)18(27-12-8-6-2)17(21)19(28-20)23(16(4)25)10-9-15(3)24/h9-10,18H,5-8,11-14H2,1-4H3/b10-9-/t18-,20+/m0/s1. The first-order valence-electron chi connectivity index (χ1n) is 9.65. The van der Waals surface area contributed by atoms with Gasteiger partial charge in [-0.15, -0.1) is 0 Å². The van der Waals surface area contributed by atoms with Crippen molar-refractivity contribution in [1.82, 2.24) is 4.90 Å². The van der Waals surface area contributed by atoms with E-state index in [0.29, 0.717) is 13.2 Å². The summed E-state index contributed by atoms with van der Waals surface area (Å²) in [5, 5.41) is 0.0799. The fraction of sp³-hybridized carbons (Fsp3) is 0.700. The first-order chi connectivity index (χ1) is 13.3. The van der Waals surface area contributed by atoms with Gasteiger partial charge in [-0.25, -0.2) is 4.39 Å². The van der Waals surface area contributed by atoms with Crippen molar-refractivity contribution in [2.75, 3.05) is 26.5 Å². The minimum atomic E-state index is -1.48. The molecule has 2 atom stereocenters. The Hall–Kier alpha value is -1.44. The van der Waals surface area contributed by atoms with E-state index in [2.05, 4.69) is 0 Å². The van der Waals surface area contributed by atoms with Crippen LogP contribution in [0.5, 0.6) is 0 Å². The molecule has 1 aliphatic rings. The van der Waals surface area contributed by atoms with E-state index in [1.807, 2.05) is 13.8 Å². The third-order valence-electron chi connectivity index (χ3n) is 4.23. The molecule has 0 saturated carbocycles. The van der Waals surface area contributed by atoms with Crippen molar-refractivity contribution in [2.24, 2.45) is 0 Å². The summed E-state index contributed by atoms with van der Waals surface area (Å²) in [6, 6.07) is 0. The van der Waals surface area contributed by atoms with E-state index in [1.54, 1.807) is 0 Å². The topological polar surface area (TPSA) is 65.1 Å². The Balaban J connectivity index is 3.17. The van der Waals surface area contributed by atoms with Crippen LogP contribution in [0.1, 0.15) is 53.4 Å². The van der Waals surface area contributed by atoms with E-state index < -0.39 is 24.3 Å². The highest BCUT2D eigenvalue weighted by Crippen LogP contribution is 2.41. The van der Waals surface area contributed by atoms with Gasteiger partial charge in [-0.2, -0.15) is 0 Å². The van der Waals surface area contributed by atoms with Crippen molar-refractivity contribution < 1.29 is 28.2 Å². The second-order valence-electron chi connectivity index (χ2n) is 6.78. The molecule has 0 N–H and O–H groups in total. The zero-order valence-electron chi connectivity index (χ0n) is 17.1. The lowest BCUT2D eigenvalue weighted by molar-refractivity contribution is -0.146. The maximum Gasteiger partial charge on any atom is 0.230 e. The molecule has 28 heavy (non-hydrogen) atoms. The van der Waals surface area contributed by atoms with Gasteiger partial charge in [-0.05, 0) is 25.8 Å². The maximum absolute atomic E-state index is 14.2. The number of ether oxygens (including phenoxy) is 3. The van der Waals surface area contributed by atoms with Crippen molar-refractivity contribution >= 4 is 23.3 Å². The highest BCUT2D eigenvalue weighted by molar-refractivity contribution is 6.30. The number of hydrogen-bond donors (Lipinski definition) is 0. The quantitative estimate of drug-likeness (QED) is 0.332. The van der Waals surface area contributed by atoms with Crippen LogP contribution in [-0.4, -0.2) is 54.8 Å². The number of carbonyl (C=O) groups excluding carboxylic acids is 2. The number of ketones is 1. The highest BCUT2D eigenvalue weighted by Gasteiger charge is 2.53. The molecular weight excluding hydrogens is 389 g/mol. The summed E-state index contributed by atoms with van der Waals surface area (Å²) >= 11 is 6.48. The van der Waals surface area contributed by atoms with Crippen LogP contribution >= 0.6 is 11.6 Å². The molecule has 0 spiro atoms. The lowest BCUT2D eigenvalue weighted by Gasteiger charge is -2.32. The van der Waals surface area contributed by atoms with Crippen LogP contribution in [0.25, 0.3) is 0 Å². The predicted molar refractivity (Wildman–Crippen MR) is 105 cm³/mol. The summed E-state index contributed by atoms with van der Waals surface area (Å²) in [5.74, 6) is -0.721. The van der Waals surface area contributed by atoms with Crippen LogP contribution < -0.4 is 0 Å². The van der Waals surface area contributed by atoms with E-state index >= 15 is 0 Å². The minimum absolute atomic E-state index is 0.0371. The van der Waals surface area contributed by atoms with Crippen molar-refractivity contribution in [1.29, 1.82) is 0 Å². The Morgan fingerprint density at radius 3 is 2.43 bits per heavy atom. The van der Waals surface area contributed by atoms with Crippen molar-refractivity contribution in [3.63, 3.8) is 0 Å². The van der Waals surface area contributed by atoms with Crippen LogP contribution in [0.4, 0.5) is 4.39 Å². The van der Waals surface area contributed by atoms with Crippen LogP contribution in [0.3, 0.4) is 0 Å². The summed E-state index contributed by atoms with van der Waals surface area (Å²) in [4.78, 5) is 24.4. The number of nitrogens with zero attached hydrogens (tertiary/aromatic N) is 1. The number of rotatable bonds is 13. The van der Waals surface area contributed by atoms with Gasteiger partial charge in [-0.3, -0.25) is 14.5 Å². The molecule has 1 amide bonds. The molecular formula is C20H31ClFNO5. The van der Waals surface area contributed by atoms with Gasteiger partial charge < -0.3 is 14.2 Å². The second-order valence-corrected chi connectivity index (χ2v) is 7.19. The molecule has 8 heteroatoms. The average molecular weight is 420 g/mol. The summed E-state index contributed by atoms with van der Waals surface area (Å²) in [5.41, 5.74) is -1.48. The first-order valence-corrected chi connectivity index (χ1v) is 10.0. The van der Waals surface area contributed by atoms with E-state index in [-0.39, 0.29) is 23.3 Å².